The molecular weight excluding hydrogens is 404 g/mol. The summed E-state index contributed by atoms with van der Waals surface area (Å²) in [6.45, 7) is 6.74. The van der Waals surface area contributed by atoms with Crippen LogP contribution in [-0.4, -0.2) is 37.6 Å². The molecule has 0 saturated heterocycles. The smallest absolute Gasteiger partial charge is 0.255 e. The highest BCUT2D eigenvalue weighted by molar-refractivity contribution is 6.06. The standard InChI is InChI=1S/C24H30N6O2/c1-4-30-23-20(14-26-30)22(28-18-9-11-19(29-32)12-10-18)21(13-25-23)24(31)27-16(3)17-7-5-15(2)6-8-17/h5-8,13-14,16,18,32H,4,9-12H2,1-3H3,(H,25,28)(H,27,31)/t16-,18?/m1/s1. The third-order valence-corrected chi connectivity index (χ3v) is 6.19. The Kier molecular flexibility index (Phi) is 6.39. The summed E-state index contributed by atoms with van der Waals surface area (Å²) in [5.41, 5.74) is 5.09. The van der Waals surface area contributed by atoms with E-state index in [2.05, 4.69) is 25.9 Å². The molecule has 32 heavy (non-hydrogen) atoms. The number of oxime groups is 1. The number of carbonyl (C=O) groups excluding carboxylic acids is 1. The van der Waals surface area contributed by atoms with Crippen LogP contribution in [0, 0.1) is 6.92 Å². The summed E-state index contributed by atoms with van der Waals surface area (Å²) in [7, 11) is 0. The van der Waals surface area contributed by atoms with Gasteiger partial charge in [-0.2, -0.15) is 5.10 Å². The Bertz CT molecular complexity index is 1130. The molecule has 1 aromatic carbocycles. The van der Waals surface area contributed by atoms with E-state index in [4.69, 9.17) is 5.21 Å². The zero-order chi connectivity index (χ0) is 22.7. The Balaban J connectivity index is 1.63. The molecule has 1 atom stereocenters. The largest absolute Gasteiger partial charge is 0.411 e. The molecule has 0 unspecified atom stereocenters. The van der Waals surface area contributed by atoms with Crippen LogP contribution in [0.25, 0.3) is 11.0 Å². The second kappa shape index (κ2) is 9.38. The number of fused-ring (bicyclic) bond motifs is 1. The number of aryl methyl sites for hydroxylation is 2. The summed E-state index contributed by atoms with van der Waals surface area (Å²) in [4.78, 5) is 17.9. The van der Waals surface area contributed by atoms with E-state index >= 15 is 0 Å². The van der Waals surface area contributed by atoms with E-state index in [1.165, 1.54) is 5.56 Å². The average molecular weight is 435 g/mol. The lowest BCUT2D eigenvalue weighted by molar-refractivity contribution is 0.0940. The lowest BCUT2D eigenvalue weighted by Gasteiger charge is -2.26. The fourth-order valence-electron chi connectivity index (χ4n) is 4.20. The zero-order valence-electron chi connectivity index (χ0n) is 18.8. The molecule has 0 aliphatic heterocycles. The molecular formula is C24H30N6O2. The van der Waals surface area contributed by atoms with Crippen LogP contribution < -0.4 is 10.6 Å². The van der Waals surface area contributed by atoms with Gasteiger partial charge in [0, 0.05) is 18.8 Å². The molecule has 0 spiro atoms. The first-order chi connectivity index (χ1) is 15.5. The molecule has 8 heteroatoms. The minimum absolute atomic E-state index is 0.136. The van der Waals surface area contributed by atoms with Crippen molar-refractivity contribution in [3.8, 4) is 0 Å². The van der Waals surface area contributed by atoms with Crippen LogP contribution in [0.2, 0.25) is 0 Å². The summed E-state index contributed by atoms with van der Waals surface area (Å²) in [6, 6.07) is 8.21. The van der Waals surface area contributed by atoms with Crippen LogP contribution in [0.3, 0.4) is 0 Å². The monoisotopic (exact) mass is 434 g/mol. The van der Waals surface area contributed by atoms with E-state index in [9.17, 15) is 4.79 Å². The topological polar surface area (TPSA) is 104 Å². The van der Waals surface area contributed by atoms with E-state index in [-0.39, 0.29) is 18.0 Å². The second-order valence-corrected chi connectivity index (χ2v) is 8.44. The van der Waals surface area contributed by atoms with Gasteiger partial charge >= 0.3 is 0 Å². The second-order valence-electron chi connectivity index (χ2n) is 8.44. The first-order valence-electron chi connectivity index (χ1n) is 11.2. The Labute approximate surface area is 187 Å². The van der Waals surface area contributed by atoms with Gasteiger partial charge < -0.3 is 15.8 Å². The molecule has 3 N–H and O–H groups in total. The van der Waals surface area contributed by atoms with Crippen molar-refractivity contribution in [2.24, 2.45) is 5.16 Å². The molecule has 4 rings (SSSR count). The number of pyridine rings is 1. The highest BCUT2D eigenvalue weighted by Crippen LogP contribution is 2.30. The van der Waals surface area contributed by atoms with E-state index in [0.717, 1.165) is 53.7 Å². The molecule has 1 fully saturated rings. The molecule has 168 valence electrons. The van der Waals surface area contributed by atoms with Crippen molar-refractivity contribution in [1.82, 2.24) is 20.1 Å². The third kappa shape index (κ3) is 4.44. The van der Waals surface area contributed by atoms with Crippen LogP contribution in [0.1, 0.15) is 67.1 Å². The minimum Gasteiger partial charge on any atom is -0.411 e. The molecule has 0 radical (unpaired) electrons. The van der Waals surface area contributed by atoms with E-state index in [1.807, 2.05) is 49.7 Å². The first-order valence-corrected chi connectivity index (χ1v) is 11.2. The van der Waals surface area contributed by atoms with Crippen molar-refractivity contribution in [1.29, 1.82) is 0 Å². The van der Waals surface area contributed by atoms with Crippen LogP contribution in [-0.2, 0) is 6.54 Å². The number of hydrogen-bond acceptors (Lipinski definition) is 6. The van der Waals surface area contributed by atoms with Crippen LogP contribution in [0.4, 0.5) is 5.69 Å². The number of anilines is 1. The van der Waals surface area contributed by atoms with E-state index < -0.39 is 0 Å². The van der Waals surface area contributed by atoms with Gasteiger partial charge in [0.15, 0.2) is 5.65 Å². The number of aromatic nitrogens is 3. The fourth-order valence-corrected chi connectivity index (χ4v) is 4.20. The van der Waals surface area contributed by atoms with Crippen molar-refractivity contribution in [2.45, 2.75) is 65.1 Å². The molecule has 2 heterocycles. The number of hydrogen-bond donors (Lipinski definition) is 3. The maximum absolute atomic E-state index is 13.3. The van der Waals surface area contributed by atoms with Crippen molar-refractivity contribution < 1.29 is 10.0 Å². The normalized spacial score (nSPS) is 17.2. The lowest BCUT2D eigenvalue weighted by Crippen LogP contribution is -2.30. The minimum atomic E-state index is -0.173. The predicted molar refractivity (Wildman–Crippen MR) is 125 cm³/mol. The molecule has 1 aliphatic carbocycles. The summed E-state index contributed by atoms with van der Waals surface area (Å²) in [6.07, 6.45) is 6.57. The van der Waals surface area contributed by atoms with Crippen molar-refractivity contribution >= 4 is 28.3 Å². The quantitative estimate of drug-likeness (QED) is 0.393. The molecule has 0 bridgehead atoms. The van der Waals surface area contributed by atoms with Gasteiger partial charge in [-0.15, -0.1) is 0 Å². The van der Waals surface area contributed by atoms with Crippen LogP contribution >= 0.6 is 0 Å². The maximum atomic E-state index is 13.3. The number of rotatable bonds is 6. The van der Waals surface area contributed by atoms with Gasteiger partial charge in [0.2, 0.25) is 0 Å². The molecule has 2 aromatic heterocycles. The Morgan fingerprint density at radius 1 is 1.25 bits per heavy atom. The van der Waals surface area contributed by atoms with Crippen LogP contribution in [0.15, 0.2) is 41.8 Å². The maximum Gasteiger partial charge on any atom is 0.255 e. The lowest BCUT2D eigenvalue weighted by atomic mass is 9.93. The summed E-state index contributed by atoms with van der Waals surface area (Å²) in [5.74, 6) is -0.173. The van der Waals surface area contributed by atoms with Gasteiger partial charge in [-0.25, -0.2) is 9.67 Å². The van der Waals surface area contributed by atoms with Gasteiger partial charge in [0.1, 0.15) is 0 Å². The highest BCUT2D eigenvalue weighted by Gasteiger charge is 2.24. The average Bonchev–Trinajstić information content (AvgIpc) is 3.23. The first kappa shape index (κ1) is 21.8. The molecule has 3 aromatic rings. The Hall–Kier alpha value is -3.42. The molecule has 1 aliphatic rings. The SMILES string of the molecule is CCn1ncc2c(NC3CCC(=NO)CC3)c(C(=O)N[C@H](C)c3ccc(C)cc3)cnc21. The highest BCUT2D eigenvalue weighted by atomic mass is 16.4. The summed E-state index contributed by atoms with van der Waals surface area (Å²) >= 11 is 0. The van der Waals surface area contributed by atoms with Crippen molar-refractivity contribution in [3.63, 3.8) is 0 Å². The van der Waals surface area contributed by atoms with Gasteiger partial charge in [-0.05, 0) is 52.0 Å². The van der Waals surface area contributed by atoms with Gasteiger partial charge in [0.25, 0.3) is 5.91 Å². The molecule has 1 saturated carbocycles. The van der Waals surface area contributed by atoms with Crippen molar-refractivity contribution in [2.75, 3.05) is 5.32 Å². The Morgan fingerprint density at radius 2 is 1.97 bits per heavy atom. The van der Waals surface area contributed by atoms with Crippen molar-refractivity contribution in [3.05, 3.63) is 53.3 Å². The van der Waals surface area contributed by atoms with Gasteiger partial charge in [-0.1, -0.05) is 35.0 Å². The van der Waals surface area contributed by atoms with Gasteiger partial charge in [-0.3, -0.25) is 4.79 Å². The third-order valence-electron chi connectivity index (χ3n) is 6.19. The zero-order valence-corrected chi connectivity index (χ0v) is 18.8. The number of amides is 1. The molecule has 8 nitrogen and oxygen atoms in total. The van der Waals surface area contributed by atoms with Gasteiger partial charge in [0.05, 0.1) is 34.6 Å². The number of carbonyl (C=O) groups is 1. The number of benzene rings is 1. The van der Waals surface area contributed by atoms with Crippen LogP contribution in [0.5, 0.6) is 0 Å². The number of nitrogens with zero attached hydrogens (tertiary/aromatic N) is 4. The molecule has 1 amide bonds. The fraction of sp³-hybridized carbons (Fsp3) is 0.417. The summed E-state index contributed by atoms with van der Waals surface area (Å²) in [5, 5.41) is 24.4. The summed E-state index contributed by atoms with van der Waals surface area (Å²) < 4.78 is 1.83. The number of nitrogens with one attached hydrogen (secondary N) is 2. The predicted octanol–water partition coefficient (Wildman–Crippen LogP) is 4.44. The van der Waals surface area contributed by atoms with E-state index in [1.54, 1.807) is 12.4 Å². The van der Waals surface area contributed by atoms with E-state index in [0.29, 0.717) is 12.1 Å². The Morgan fingerprint density at radius 3 is 2.62 bits per heavy atom.